The van der Waals surface area contributed by atoms with Crippen molar-refractivity contribution in [2.24, 2.45) is 0 Å². The predicted octanol–water partition coefficient (Wildman–Crippen LogP) is 2.85. The predicted molar refractivity (Wildman–Crippen MR) is 105 cm³/mol. The van der Waals surface area contributed by atoms with E-state index in [1.54, 1.807) is 25.5 Å². The van der Waals surface area contributed by atoms with E-state index in [1.165, 1.54) is 15.5 Å². The molecule has 7 nitrogen and oxygen atoms in total. The summed E-state index contributed by atoms with van der Waals surface area (Å²) in [7, 11) is 3.27. The van der Waals surface area contributed by atoms with Crippen LogP contribution in [0.3, 0.4) is 0 Å². The molecular weight excluding hydrogens is 350 g/mol. The summed E-state index contributed by atoms with van der Waals surface area (Å²) >= 11 is 1.75. The lowest BCUT2D eigenvalue weighted by molar-refractivity contribution is 0.202. The first-order valence-corrected chi connectivity index (χ1v) is 9.51. The van der Waals surface area contributed by atoms with Crippen LogP contribution in [-0.2, 0) is 0 Å². The summed E-state index contributed by atoms with van der Waals surface area (Å²) in [6.45, 7) is 8.90. The van der Waals surface area contributed by atoms with Crippen molar-refractivity contribution in [3.63, 3.8) is 0 Å². The molecule has 0 radical (unpaired) electrons. The maximum atomic E-state index is 12.9. The van der Waals surface area contributed by atoms with E-state index in [2.05, 4.69) is 33.2 Å². The van der Waals surface area contributed by atoms with Crippen molar-refractivity contribution in [2.45, 2.75) is 20.8 Å². The van der Waals surface area contributed by atoms with Crippen LogP contribution in [-0.4, -0.2) is 61.2 Å². The minimum Gasteiger partial charge on any atom is -0.478 e. The lowest BCUT2D eigenvalue weighted by Gasteiger charge is -2.37. The molecule has 8 heteroatoms. The molecule has 1 saturated heterocycles. The van der Waals surface area contributed by atoms with Crippen LogP contribution in [0.2, 0.25) is 0 Å². The van der Waals surface area contributed by atoms with Gasteiger partial charge in [-0.3, -0.25) is 4.90 Å². The number of rotatable bonds is 3. The molecule has 0 spiro atoms. The molecule has 1 aliphatic heterocycles. The van der Waals surface area contributed by atoms with Crippen molar-refractivity contribution in [3.05, 3.63) is 27.7 Å². The number of amides is 2. The molecule has 2 amide bonds. The highest BCUT2D eigenvalue weighted by Crippen LogP contribution is 2.27. The average Bonchev–Trinajstić information content (AvgIpc) is 3.08. The van der Waals surface area contributed by atoms with Gasteiger partial charge in [-0.1, -0.05) is 0 Å². The third-order valence-electron chi connectivity index (χ3n) is 4.78. The SMILES string of the molecule is COc1nc(C)c(C)nc1N(C)C(=O)N1CCN(c2ccsc2C)CC1. The van der Waals surface area contributed by atoms with Gasteiger partial charge in [-0.05, 0) is 32.2 Å². The molecule has 2 aromatic heterocycles. The maximum Gasteiger partial charge on any atom is 0.325 e. The van der Waals surface area contributed by atoms with Gasteiger partial charge in [0.15, 0.2) is 5.82 Å². The summed E-state index contributed by atoms with van der Waals surface area (Å²) in [4.78, 5) is 28.9. The Morgan fingerprint density at radius 3 is 2.38 bits per heavy atom. The van der Waals surface area contributed by atoms with E-state index in [1.807, 2.05) is 18.7 Å². The van der Waals surface area contributed by atoms with Crippen molar-refractivity contribution in [1.82, 2.24) is 14.9 Å². The Morgan fingerprint density at radius 2 is 1.81 bits per heavy atom. The molecule has 3 rings (SSSR count). The quantitative estimate of drug-likeness (QED) is 0.825. The van der Waals surface area contributed by atoms with Crippen LogP contribution in [0.5, 0.6) is 5.88 Å². The Kier molecular flexibility index (Phi) is 5.31. The Morgan fingerprint density at radius 1 is 1.15 bits per heavy atom. The minimum absolute atomic E-state index is 0.0810. The van der Waals surface area contributed by atoms with Crippen LogP contribution in [0.15, 0.2) is 11.4 Å². The summed E-state index contributed by atoms with van der Waals surface area (Å²) in [6.07, 6.45) is 0. The fourth-order valence-electron chi connectivity index (χ4n) is 3.07. The van der Waals surface area contributed by atoms with Crippen molar-refractivity contribution >= 4 is 28.9 Å². The zero-order chi connectivity index (χ0) is 18.8. The van der Waals surface area contributed by atoms with E-state index in [0.29, 0.717) is 24.8 Å². The van der Waals surface area contributed by atoms with Crippen LogP contribution < -0.4 is 14.5 Å². The normalized spacial score (nSPS) is 14.5. The van der Waals surface area contributed by atoms with Gasteiger partial charge in [0.05, 0.1) is 24.2 Å². The number of aryl methyl sites for hydroxylation is 3. The third-order valence-corrected chi connectivity index (χ3v) is 5.61. The number of thiophene rings is 1. The number of anilines is 2. The molecule has 1 aliphatic rings. The van der Waals surface area contributed by atoms with Gasteiger partial charge in [0.2, 0.25) is 0 Å². The monoisotopic (exact) mass is 375 g/mol. The summed E-state index contributed by atoms with van der Waals surface area (Å²) in [6, 6.07) is 2.07. The summed E-state index contributed by atoms with van der Waals surface area (Å²) in [5.74, 6) is 0.827. The fraction of sp³-hybridized carbons (Fsp3) is 0.500. The lowest BCUT2D eigenvalue weighted by Crippen LogP contribution is -2.52. The highest BCUT2D eigenvalue weighted by molar-refractivity contribution is 7.10. The number of ether oxygens (including phenoxy) is 1. The molecule has 26 heavy (non-hydrogen) atoms. The molecule has 0 saturated carbocycles. The van der Waals surface area contributed by atoms with E-state index in [9.17, 15) is 4.79 Å². The largest absolute Gasteiger partial charge is 0.478 e. The second kappa shape index (κ2) is 7.49. The van der Waals surface area contributed by atoms with Gasteiger partial charge in [0.1, 0.15) is 0 Å². The van der Waals surface area contributed by atoms with Gasteiger partial charge < -0.3 is 14.5 Å². The van der Waals surface area contributed by atoms with Gasteiger partial charge in [0.25, 0.3) is 5.88 Å². The van der Waals surface area contributed by atoms with Crippen LogP contribution >= 0.6 is 11.3 Å². The number of aromatic nitrogens is 2. The van der Waals surface area contributed by atoms with E-state index >= 15 is 0 Å². The number of hydrogen-bond acceptors (Lipinski definition) is 6. The standard InChI is InChI=1S/C18H25N5O2S/c1-12-13(2)20-17(25-5)16(19-12)21(4)18(24)23-9-7-22(8-10-23)15-6-11-26-14(15)3/h6,11H,7-10H2,1-5H3. The van der Waals surface area contributed by atoms with Crippen LogP contribution in [0.4, 0.5) is 16.3 Å². The molecule has 1 fully saturated rings. The first-order chi connectivity index (χ1) is 12.4. The third kappa shape index (κ3) is 3.46. The number of methoxy groups -OCH3 is 1. The number of hydrogen-bond donors (Lipinski definition) is 0. The molecule has 140 valence electrons. The Labute approximate surface area is 158 Å². The molecule has 0 unspecified atom stereocenters. The van der Waals surface area contributed by atoms with Gasteiger partial charge in [-0.15, -0.1) is 11.3 Å². The topological polar surface area (TPSA) is 61.8 Å². The minimum atomic E-state index is -0.0810. The fourth-order valence-corrected chi connectivity index (χ4v) is 3.79. The summed E-state index contributed by atoms with van der Waals surface area (Å²) < 4.78 is 5.33. The Bertz CT molecular complexity index is 799. The molecule has 0 aromatic carbocycles. The molecular formula is C18H25N5O2S. The maximum absolute atomic E-state index is 12.9. The summed E-state index contributed by atoms with van der Waals surface area (Å²) in [5, 5.41) is 2.11. The van der Waals surface area contributed by atoms with Crippen molar-refractivity contribution in [3.8, 4) is 5.88 Å². The molecule has 2 aromatic rings. The number of carbonyl (C=O) groups is 1. The second-order valence-electron chi connectivity index (χ2n) is 6.41. The average molecular weight is 375 g/mol. The van der Waals surface area contributed by atoms with Crippen molar-refractivity contribution < 1.29 is 9.53 Å². The van der Waals surface area contributed by atoms with Crippen LogP contribution in [0.25, 0.3) is 0 Å². The van der Waals surface area contributed by atoms with E-state index in [4.69, 9.17) is 4.74 Å². The smallest absolute Gasteiger partial charge is 0.325 e. The number of carbonyl (C=O) groups excluding carboxylic acids is 1. The van der Waals surface area contributed by atoms with E-state index in [-0.39, 0.29) is 6.03 Å². The van der Waals surface area contributed by atoms with Crippen molar-refractivity contribution in [1.29, 1.82) is 0 Å². The Balaban J connectivity index is 1.71. The van der Waals surface area contributed by atoms with Crippen LogP contribution in [0.1, 0.15) is 16.3 Å². The van der Waals surface area contributed by atoms with Gasteiger partial charge in [-0.2, -0.15) is 0 Å². The van der Waals surface area contributed by atoms with E-state index < -0.39 is 0 Å². The first kappa shape index (κ1) is 18.4. The van der Waals surface area contributed by atoms with Gasteiger partial charge in [0, 0.05) is 38.1 Å². The van der Waals surface area contributed by atoms with Crippen molar-refractivity contribution in [2.75, 3.05) is 50.1 Å². The van der Waals surface area contributed by atoms with Gasteiger partial charge in [-0.25, -0.2) is 14.8 Å². The number of piperazine rings is 1. The number of nitrogens with zero attached hydrogens (tertiary/aromatic N) is 5. The first-order valence-electron chi connectivity index (χ1n) is 8.63. The zero-order valence-corrected chi connectivity index (χ0v) is 16.8. The molecule has 3 heterocycles. The molecule has 0 aliphatic carbocycles. The molecule has 0 N–H and O–H groups in total. The second-order valence-corrected chi connectivity index (χ2v) is 7.53. The Hall–Kier alpha value is -2.35. The van der Waals surface area contributed by atoms with Crippen LogP contribution in [0, 0.1) is 20.8 Å². The number of urea groups is 1. The molecule has 0 atom stereocenters. The highest BCUT2D eigenvalue weighted by Gasteiger charge is 2.27. The lowest BCUT2D eigenvalue weighted by atomic mass is 10.2. The molecule has 0 bridgehead atoms. The van der Waals surface area contributed by atoms with Gasteiger partial charge >= 0.3 is 6.03 Å². The van der Waals surface area contributed by atoms with E-state index in [0.717, 1.165) is 24.5 Å². The summed E-state index contributed by atoms with van der Waals surface area (Å²) in [5.41, 5.74) is 2.86. The zero-order valence-electron chi connectivity index (χ0n) is 15.9. The highest BCUT2D eigenvalue weighted by atomic mass is 32.1.